The normalized spacial score (nSPS) is 16.8. The number of sulfonamides is 1. The fourth-order valence-corrected chi connectivity index (χ4v) is 5.76. The highest BCUT2D eigenvalue weighted by Crippen LogP contribution is 2.34. The Morgan fingerprint density at radius 1 is 0.788 bits per heavy atom. The summed E-state index contributed by atoms with van der Waals surface area (Å²) in [5.74, 6) is 0. The van der Waals surface area contributed by atoms with Crippen LogP contribution < -0.4 is 0 Å². The van der Waals surface area contributed by atoms with Crippen molar-refractivity contribution in [2.75, 3.05) is 13.1 Å². The Kier molecular flexibility index (Phi) is 5.60. The molecule has 166 valence electrons. The van der Waals surface area contributed by atoms with Crippen LogP contribution in [0.1, 0.15) is 28.7 Å². The first kappa shape index (κ1) is 21.6. The van der Waals surface area contributed by atoms with Gasteiger partial charge in [0.2, 0.25) is 10.0 Å². The van der Waals surface area contributed by atoms with Gasteiger partial charge in [0.25, 0.3) is 0 Å². The molecular formula is C28H26N2O2S. The molecule has 0 fully saturated rings. The maximum atomic E-state index is 13.4. The van der Waals surface area contributed by atoms with Crippen LogP contribution in [0.5, 0.6) is 0 Å². The third-order valence-electron chi connectivity index (χ3n) is 6.19. The van der Waals surface area contributed by atoms with Gasteiger partial charge < -0.3 is 0 Å². The van der Waals surface area contributed by atoms with E-state index in [2.05, 4.69) is 31.2 Å². The van der Waals surface area contributed by atoms with Gasteiger partial charge in [-0.1, -0.05) is 77.9 Å². The van der Waals surface area contributed by atoms with E-state index in [0.717, 1.165) is 39.2 Å². The molecule has 0 saturated heterocycles. The van der Waals surface area contributed by atoms with Crippen LogP contribution in [-0.2, 0) is 10.0 Å². The summed E-state index contributed by atoms with van der Waals surface area (Å²) >= 11 is 0. The molecule has 2 aliphatic rings. The van der Waals surface area contributed by atoms with Gasteiger partial charge in [-0.2, -0.15) is 4.31 Å². The average molecular weight is 455 g/mol. The van der Waals surface area contributed by atoms with Crippen LogP contribution in [-0.4, -0.2) is 31.5 Å². The second kappa shape index (κ2) is 8.58. The van der Waals surface area contributed by atoms with Crippen molar-refractivity contribution in [2.24, 2.45) is 4.99 Å². The van der Waals surface area contributed by atoms with E-state index in [4.69, 9.17) is 4.99 Å². The highest BCUT2D eigenvalue weighted by atomic mass is 32.2. The molecule has 0 saturated carbocycles. The number of aliphatic imine (C=N–C) groups is 1. The maximum absolute atomic E-state index is 13.4. The van der Waals surface area contributed by atoms with Gasteiger partial charge in [0.1, 0.15) is 0 Å². The van der Waals surface area contributed by atoms with Crippen LogP contribution in [0.15, 0.2) is 106 Å². The number of hydrogen-bond acceptors (Lipinski definition) is 3. The zero-order valence-corrected chi connectivity index (χ0v) is 19.6. The number of rotatable bonds is 4. The maximum Gasteiger partial charge on any atom is 0.243 e. The molecule has 0 bridgehead atoms. The third-order valence-corrected chi connectivity index (χ3v) is 8.00. The molecule has 0 aliphatic carbocycles. The molecule has 0 unspecified atom stereocenters. The van der Waals surface area contributed by atoms with Crippen molar-refractivity contribution in [3.63, 3.8) is 0 Å². The summed E-state index contributed by atoms with van der Waals surface area (Å²) in [6.45, 7) is 4.77. The molecule has 3 aromatic rings. The molecule has 0 N–H and O–H groups in total. The van der Waals surface area contributed by atoms with Crippen LogP contribution >= 0.6 is 0 Å². The van der Waals surface area contributed by atoms with Crippen LogP contribution in [0.25, 0.3) is 5.70 Å². The highest BCUT2D eigenvalue weighted by Gasteiger charge is 2.33. The Balaban J connectivity index is 1.54. The lowest BCUT2D eigenvalue weighted by molar-refractivity contribution is 0.481. The summed E-state index contributed by atoms with van der Waals surface area (Å²) in [4.78, 5) is 5.40. The summed E-state index contributed by atoms with van der Waals surface area (Å²) in [7, 11) is -3.57. The van der Waals surface area contributed by atoms with Crippen LogP contribution in [0, 0.1) is 13.8 Å². The summed E-state index contributed by atoms with van der Waals surface area (Å²) in [5, 5.41) is 0. The van der Waals surface area contributed by atoms with E-state index in [1.54, 1.807) is 16.4 Å². The molecule has 0 radical (unpaired) electrons. The van der Waals surface area contributed by atoms with Gasteiger partial charge in [-0.15, -0.1) is 0 Å². The van der Waals surface area contributed by atoms with Crippen molar-refractivity contribution in [1.82, 2.24) is 4.31 Å². The number of benzene rings is 3. The van der Waals surface area contributed by atoms with Gasteiger partial charge in [-0.3, -0.25) is 4.99 Å². The van der Waals surface area contributed by atoms with E-state index in [9.17, 15) is 8.42 Å². The van der Waals surface area contributed by atoms with Crippen molar-refractivity contribution in [1.29, 1.82) is 0 Å². The van der Waals surface area contributed by atoms with Crippen LogP contribution in [0.4, 0.5) is 0 Å². The van der Waals surface area contributed by atoms with E-state index in [0.29, 0.717) is 24.4 Å². The Morgan fingerprint density at radius 2 is 1.52 bits per heavy atom. The summed E-state index contributed by atoms with van der Waals surface area (Å²) < 4.78 is 28.3. The Hall–Kier alpha value is -3.28. The van der Waals surface area contributed by atoms with Crippen LogP contribution in [0.2, 0.25) is 0 Å². The molecule has 0 aromatic heterocycles. The SMILES string of the molecule is Cc1ccc(S(=O)(=O)N2CC3=C(CC(c4cccc(C)c4)=NC(c4ccccc4)=C3)C2)cc1. The molecular weight excluding hydrogens is 428 g/mol. The predicted molar refractivity (Wildman–Crippen MR) is 134 cm³/mol. The average Bonchev–Trinajstić information content (AvgIpc) is 3.13. The van der Waals surface area contributed by atoms with E-state index >= 15 is 0 Å². The van der Waals surface area contributed by atoms with Gasteiger partial charge in [-0.25, -0.2) is 8.42 Å². The Bertz CT molecular complexity index is 1400. The van der Waals surface area contributed by atoms with Crippen molar-refractivity contribution in [3.05, 3.63) is 118 Å². The van der Waals surface area contributed by atoms with E-state index in [1.807, 2.05) is 55.5 Å². The molecule has 4 nitrogen and oxygen atoms in total. The van der Waals surface area contributed by atoms with E-state index in [-0.39, 0.29) is 0 Å². The standard InChI is InChI=1S/C28H26N2O2S/c1-20-11-13-26(14-12-20)33(31,32)30-18-24-16-27(22-8-4-3-5-9-22)29-28(17-25(24)19-30)23-10-6-7-21(2)15-23/h3-16H,17-19H2,1-2H3. The Morgan fingerprint density at radius 3 is 2.24 bits per heavy atom. The molecule has 2 aliphatic heterocycles. The minimum atomic E-state index is -3.57. The summed E-state index contributed by atoms with van der Waals surface area (Å²) in [6.07, 6.45) is 2.70. The zero-order valence-electron chi connectivity index (χ0n) is 18.8. The van der Waals surface area contributed by atoms with Crippen LogP contribution in [0.3, 0.4) is 0 Å². The molecule has 0 atom stereocenters. The molecule has 33 heavy (non-hydrogen) atoms. The predicted octanol–water partition coefficient (Wildman–Crippen LogP) is 5.54. The largest absolute Gasteiger partial charge is 0.252 e. The summed E-state index contributed by atoms with van der Waals surface area (Å²) in [5.41, 5.74) is 8.29. The van der Waals surface area contributed by atoms with Crippen molar-refractivity contribution in [3.8, 4) is 0 Å². The molecule has 3 aromatic carbocycles. The first-order chi connectivity index (χ1) is 15.9. The lowest BCUT2D eigenvalue weighted by Crippen LogP contribution is -2.30. The number of hydrogen-bond donors (Lipinski definition) is 0. The van der Waals surface area contributed by atoms with Crippen molar-refractivity contribution >= 4 is 21.4 Å². The fourth-order valence-electron chi connectivity index (χ4n) is 4.35. The van der Waals surface area contributed by atoms with E-state index < -0.39 is 10.0 Å². The number of aryl methyl sites for hydroxylation is 2. The van der Waals surface area contributed by atoms with E-state index in [1.165, 1.54) is 5.56 Å². The van der Waals surface area contributed by atoms with Gasteiger partial charge in [0.15, 0.2) is 0 Å². The lowest BCUT2D eigenvalue weighted by atomic mass is 9.99. The third kappa shape index (κ3) is 4.34. The second-order valence-corrected chi connectivity index (χ2v) is 10.7. The van der Waals surface area contributed by atoms with Gasteiger partial charge in [0.05, 0.1) is 16.3 Å². The summed E-state index contributed by atoms with van der Waals surface area (Å²) in [6, 6.07) is 25.5. The first-order valence-electron chi connectivity index (χ1n) is 11.1. The van der Waals surface area contributed by atoms with Gasteiger partial charge in [0, 0.05) is 25.1 Å². The minimum absolute atomic E-state index is 0.339. The highest BCUT2D eigenvalue weighted by molar-refractivity contribution is 7.89. The molecule has 0 amide bonds. The second-order valence-electron chi connectivity index (χ2n) is 8.72. The first-order valence-corrected chi connectivity index (χ1v) is 12.5. The van der Waals surface area contributed by atoms with Crippen molar-refractivity contribution in [2.45, 2.75) is 25.2 Å². The molecule has 5 heteroatoms. The lowest BCUT2D eigenvalue weighted by Gasteiger charge is -2.18. The smallest absolute Gasteiger partial charge is 0.243 e. The van der Waals surface area contributed by atoms with Gasteiger partial charge >= 0.3 is 0 Å². The topological polar surface area (TPSA) is 49.7 Å². The fraction of sp³-hybridized carbons (Fsp3) is 0.179. The van der Waals surface area contributed by atoms with Gasteiger partial charge in [-0.05, 0) is 48.8 Å². The Labute approximate surface area is 195 Å². The zero-order chi connectivity index (χ0) is 23.0. The quantitative estimate of drug-likeness (QED) is 0.520. The number of nitrogens with zero attached hydrogens (tertiary/aromatic N) is 2. The monoisotopic (exact) mass is 454 g/mol. The molecule has 5 rings (SSSR count). The van der Waals surface area contributed by atoms with Crippen molar-refractivity contribution < 1.29 is 8.42 Å². The minimum Gasteiger partial charge on any atom is -0.252 e. The molecule has 2 heterocycles. The molecule has 0 spiro atoms.